The molecule has 1 amide bonds. The number of ether oxygens (including phenoxy) is 3. The van der Waals surface area contributed by atoms with Crippen LogP contribution in [0, 0.1) is 17.7 Å². The Morgan fingerprint density at radius 1 is 1.00 bits per heavy atom. The summed E-state index contributed by atoms with van der Waals surface area (Å²) in [4.78, 5) is 31.4. The number of methoxy groups -OCH3 is 2. The molecule has 1 N–H and O–H groups in total. The molecule has 2 saturated carbocycles. The van der Waals surface area contributed by atoms with Crippen LogP contribution in [0.4, 0.5) is 23.2 Å². The Kier molecular flexibility index (Phi) is 9.41. The van der Waals surface area contributed by atoms with Crippen LogP contribution in [-0.4, -0.2) is 48.3 Å². The van der Waals surface area contributed by atoms with Gasteiger partial charge in [0, 0.05) is 37.4 Å². The number of rotatable bonds is 8. The van der Waals surface area contributed by atoms with E-state index in [0.29, 0.717) is 44.4 Å². The molecule has 0 bridgehead atoms. The lowest BCUT2D eigenvalue weighted by atomic mass is 9.81. The van der Waals surface area contributed by atoms with Gasteiger partial charge in [-0.2, -0.15) is 13.2 Å². The molecular weight excluding hydrogens is 548 g/mol. The van der Waals surface area contributed by atoms with Gasteiger partial charge in [0.25, 0.3) is 0 Å². The van der Waals surface area contributed by atoms with Crippen molar-refractivity contribution in [2.24, 2.45) is 11.8 Å². The Morgan fingerprint density at radius 3 is 2.22 bits per heavy atom. The fourth-order valence-corrected chi connectivity index (χ4v) is 5.77. The van der Waals surface area contributed by atoms with Gasteiger partial charge in [-0.3, -0.25) is 4.79 Å². The van der Waals surface area contributed by atoms with E-state index in [1.807, 2.05) is 0 Å². The molecule has 1 heterocycles. The van der Waals surface area contributed by atoms with Gasteiger partial charge in [0.2, 0.25) is 11.8 Å². The molecule has 2 fully saturated rings. The molecule has 224 valence electrons. The number of halogens is 4. The molecule has 12 heteroatoms. The molecular formula is C29H34F4N2O6. The summed E-state index contributed by atoms with van der Waals surface area (Å²) in [5.74, 6) is -5.14. The number of nitrogens with zero attached hydrogens (tertiary/aromatic N) is 2. The lowest BCUT2D eigenvalue weighted by molar-refractivity contribution is -0.140. The second-order valence-electron chi connectivity index (χ2n) is 10.7. The van der Waals surface area contributed by atoms with E-state index in [0.717, 1.165) is 44.3 Å². The molecule has 0 spiro atoms. The quantitative estimate of drug-likeness (QED) is 0.340. The zero-order valence-electron chi connectivity index (χ0n) is 23.2. The molecule has 2 aliphatic carbocycles. The Balaban J connectivity index is 1.77. The molecule has 0 unspecified atom stereocenters. The van der Waals surface area contributed by atoms with E-state index in [4.69, 9.17) is 14.2 Å². The van der Waals surface area contributed by atoms with Gasteiger partial charge in [0.1, 0.15) is 5.75 Å². The first-order chi connectivity index (χ1) is 19.4. The van der Waals surface area contributed by atoms with Crippen LogP contribution < -0.4 is 14.4 Å². The summed E-state index contributed by atoms with van der Waals surface area (Å²) in [5.41, 5.74) is -1.99. The number of carboxylic acid groups (broad SMARTS) is 1. The van der Waals surface area contributed by atoms with Crippen molar-refractivity contribution in [2.45, 2.75) is 76.6 Å². The largest absolute Gasteiger partial charge is 0.496 e. The number of carbonyl (C=O) groups is 2. The van der Waals surface area contributed by atoms with E-state index < -0.39 is 52.5 Å². The Labute approximate surface area is 235 Å². The first kappa shape index (κ1) is 30.5. The van der Waals surface area contributed by atoms with Crippen LogP contribution in [0.15, 0.2) is 24.4 Å². The van der Waals surface area contributed by atoms with Crippen molar-refractivity contribution in [3.05, 3.63) is 41.3 Å². The number of carboxylic acids is 1. The maximum absolute atomic E-state index is 15.6. The first-order valence-electron chi connectivity index (χ1n) is 13.6. The average Bonchev–Trinajstić information content (AvgIpc) is 2.94. The van der Waals surface area contributed by atoms with E-state index in [-0.39, 0.29) is 23.6 Å². The van der Waals surface area contributed by atoms with Crippen molar-refractivity contribution in [1.29, 1.82) is 0 Å². The lowest BCUT2D eigenvalue weighted by Gasteiger charge is -2.40. The van der Waals surface area contributed by atoms with Crippen LogP contribution in [0.5, 0.6) is 17.4 Å². The number of aromatic nitrogens is 1. The van der Waals surface area contributed by atoms with Crippen LogP contribution in [0.25, 0.3) is 0 Å². The first-order valence-corrected chi connectivity index (χ1v) is 13.6. The molecule has 0 atom stereocenters. The third-order valence-electron chi connectivity index (χ3n) is 8.07. The highest BCUT2D eigenvalue weighted by Crippen LogP contribution is 2.44. The van der Waals surface area contributed by atoms with Gasteiger partial charge in [-0.25, -0.2) is 14.2 Å². The highest BCUT2D eigenvalue weighted by Gasteiger charge is 2.41. The molecule has 1 aromatic carbocycles. The fraction of sp³-hybridized carbons (Fsp3) is 0.552. The summed E-state index contributed by atoms with van der Waals surface area (Å²) in [5, 5.41) is 10.1. The second-order valence-corrected chi connectivity index (χ2v) is 10.7. The zero-order chi connectivity index (χ0) is 29.9. The maximum Gasteiger partial charge on any atom is 0.425 e. The summed E-state index contributed by atoms with van der Waals surface area (Å²) >= 11 is 0. The number of alkyl halides is 3. The molecule has 4 rings (SSSR count). The van der Waals surface area contributed by atoms with Crippen molar-refractivity contribution in [2.75, 3.05) is 19.1 Å². The van der Waals surface area contributed by atoms with Gasteiger partial charge in [-0.05, 0) is 63.4 Å². The van der Waals surface area contributed by atoms with Crippen molar-refractivity contribution in [3.8, 4) is 17.4 Å². The molecule has 0 saturated heterocycles. The standard InChI is InChI=1S/C29H34F4N2O6/c1-16-4-6-17(7-5-16)27(36)35(18-8-10-19(39-2)11-9-18)22-15-21(30)24(14-20(22)28(37)38)41-26-25(29(31,32)33)23(40-3)12-13-34-26/h12-19H,4-11H2,1-3H3,(H,37,38). The van der Waals surface area contributed by atoms with Crippen LogP contribution >= 0.6 is 0 Å². The summed E-state index contributed by atoms with van der Waals surface area (Å²) in [6.07, 6.45) is 1.34. The topological polar surface area (TPSA) is 98.2 Å². The van der Waals surface area contributed by atoms with Crippen molar-refractivity contribution in [1.82, 2.24) is 4.98 Å². The zero-order valence-corrected chi connectivity index (χ0v) is 23.2. The minimum atomic E-state index is -4.96. The highest BCUT2D eigenvalue weighted by atomic mass is 19.4. The van der Waals surface area contributed by atoms with Crippen molar-refractivity contribution >= 4 is 17.6 Å². The summed E-state index contributed by atoms with van der Waals surface area (Å²) < 4.78 is 72.4. The lowest BCUT2D eigenvalue weighted by Crippen LogP contribution is -2.47. The predicted octanol–water partition coefficient (Wildman–Crippen LogP) is 6.86. The summed E-state index contributed by atoms with van der Waals surface area (Å²) in [6.45, 7) is 2.11. The molecule has 2 aromatic rings. The highest BCUT2D eigenvalue weighted by molar-refractivity contribution is 6.03. The van der Waals surface area contributed by atoms with E-state index >= 15 is 4.39 Å². The monoisotopic (exact) mass is 582 g/mol. The van der Waals surface area contributed by atoms with Crippen LogP contribution in [0.2, 0.25) is 0 Å². The Hall–Kier alpha value is -3.41. The van der Waals surface area contributed by atoms with Gasteiger partial charge in [-0.15, -0.1) is 0 Å². The van der Waals surface area contributed by atoms with Crippen LogP contribution in [0.1, 0.15) is 74.2 Å². The van der Waals surface area contributed by atoms with Gasteiger partial charge in [0.15, 0.2) is 17.1 Å². The predicted molar refractivity (Wildman–Crippen MR) is 141 cm³/mol. The number of aromatic carboxylic acids is 1. The Bertz CT molecular complexity index is 1250. The molecule has 1 aromatic heterocycles. The molecule has 0 aliphatic heterocycles. The minimum absolute atomic E-state index is 0.00313. The minimum Gasteiger partial charge on any atom is -0.496 e. The van der Waals surface area contributed by atoms with Gasteiger partial charge < -0.3 is 24.2 Å². The number of pyridine rings is 1. The van der Waals surface area contributed by atoms with E-state index in [2.05, 4.69) is 11.9 Å². The number of anilines is 1. The van der Waals surface area contributed by atoms with E-state index in [1.165, 1.54) is 4.90 Å². The number of amides is 1. The van der Waals surface area contributed by atoms with E-state index in [1.54, 1.807) is 7.11 Å². The average molecular weight is 583 g/mol. The molecule has 2 aliphatic rings. The van der Waals surface area contributed by atoms with Crippen molar-refractivity contribution in [3.63, 3.8) is 0 Å². The number of carbonyl (C=O) groups excluding carboxylic acids is 1. The molecule has 0 radical (unpaired) electrons. The molecule has 8 nitrogen and oxygen atoms in total. The normalized spacial score (nSPS) is 23.1. The second kappa shape index (κ2) is 12.6. The van der Waals surface area contributed by atoms with Crippen molar-refractivity contribution < 1.29 is 46.5 Å². The van der Waals surface area contributed by atoms with Crippen LogP contribution in [-0.2, 0) is 15.7 Å². The molecule has 41 heavy (non-hydrogen) atoms. The smallest absolute Gasteiger partial charge is 0.425 e. The number of hydrogen-bond acceptors (Lipinski definition) is 6. The third kappa shape index (κ3) is 6.74. The summed E-state index contributed by atoms with van der Waals surface area (Å²) in [7, 11) is 2.64. The fourth-order valence-electron chi connectivity index (χ4n) is 5.77. The van der Waals surface area contributed by atoms with E-state index in [9.17, 15) is 27.9 Å². The number of benzene rings is 1. The maximum atomic E-state index is 15.6. The Morgan fingerprint density at radius 2 is 1.66 bits per heavy atom. The van der Waals surface area contributed by atoms with Gasteiger partial charge >= 0.3 is 12.1 Å². The summed E-state index contributed by atoms with van der Waals surface area (Å²) in [6, 6.07) is 2.25. The third-order valence-corrected chi connectivity index (χ3v) is 8.07. The number of hydrogen-bond donors (Lipinski definition) is 1. The van der Waals surface area contributed by atoms with Gasteiger partial charge in [-0.1, -0.05) is 6.92 Å². The SMILES string of the molecule is COc1ccnc(Oc2cc(C(=O)O)c(N(C(=O)C3CCC(C)CC3)C3CCC(OC)CC3)cc2F)c1C(F)(F)F. The van der Waals surface area contributed by atoms with Crippen LogP contribution in [0.3, 0.4) is 0 Å². The van der Waals surface area contributed by atoms with Gasteiger partial charge in [0.05, 0.1) is 24.5 Å².